The van der Waals surface area contributed by atoms with Gasteiger partial charge in [0.25, 0.3) is 0 Å². The SMILES string of the molecule is CN(C)CCn1ncc(Cl)c1C(O)Cc1ccncc1. The molecule has 0 aliphatic carbocycles. The van der Waals surface area contributed by atoms with E-state index in [9.17, 15) is 5.11 Å². The Labute approximate surface area is 123 Å². The molecule has 1 unspecified atom stereocenters. The molecule has 2 rings (SSSR count). The van der Waals surface area contributed by atoms with Crippen molar-refractivity contribution in [2.75, 3.05) is 20.6 Å². The van der Waals surface area contributed by atoms with Crippen molar-refractivity contribution >= 4 is 11.6 Å². The summed E-state index contributed by atoms with van der Waals surface area (Å²) in [5, 5.41) is 15.2. The number of hydrogen-bond acceptors (Lipinski definition) is 4. The van der Waals surface area contributed by atoms with E-state index < -0.39 is 6.10 Å². The Kier molecular flexibility index (Phi) is 5.11. The zero-order valence-electron chi connectivity index (χ0n) is 11.7. The van der Waals surface area contributed by atoms with Crippen molar-refractivity contribution in [2.45, 2.75) is 19.1 Å². The lowest BCUT2D eigenvalue weighted by atomic mass is 10.1. The molecule has 108 valence electrons. The van der Waals surface area contributed by atoms with Crippen molar-refractivity contribution in [2.24, 2.45) is 0 Å². The predicted molar refractivity (Wildman–Crippen MR) is 78.7 cm³/mol. The molecule has 2 aromatic heterocycles. The van der Waals surface area contributed by atoms with Crippen LogP contribution in [0.3, 0.4) is 0 Å². The van der Waals surface area contributed by atoms with Crippen LogP contribution in [-0.2, 0) is 13.0 Å². The maximum absolute atomic E-state index is 10.4. The van der Waals surface area contributed by atoms with Crippen LogP contribution in [0, 0.1) is 0 Å². The summed E-state index contributed by atoms with van der Waals surface area (Å²) in [6.07, 6.45) is 4.84. The van der Waals surface area contributed by atoms with Gasteiger partial charge in [-0.3, -0.25) is 9.67 Å². The van der Waals surface area contributed by atoms with Crippen LogP contribution in [-0.4, -0.2) is 45.4 Å². The molecule has 1 N–H and O–H groups in total. The fourth-order valence-corrected chi connectivity index (χ4v) is 2.28. The van der Waals surface area contributed by atoms with Crippen LogP contribution < -0.4 is 0 Å². The Morgan fingerprint density at radius 1 is 1.35 bits per heavy atom. The zero-order chi connectivity index (χ0) is 14.5. The van der Waals surface area contributed by atoms with E-state index in [0.29, 0.717) is 23.7 Å². The molecule has 1 atom stereocenters. The van der Waals surface area contributed by atoms with Crippen LogP contribution in [0.2, 0.25) is 5.02 Å². The molecule has 6 heteroatoms. The minimum absolute atomic E-state index is 0.496. The molecule has 0 aliphatic heterocycles. The van der Waals surface area contributed by atoms with E-state index in [1.54, 1.807) is 23.3 Å². The molecule has 0 saturated heterocycles. The summed E-state index contributed by atoms with van der Waals surface area (Å²) < 4.78 is 1.77. The first-order chi connectivity index (χ1) is 9.58. The first-order valence-corrected chi connectivity index (χ1v) is 6.88. The van der Waals surface area contributed by atoms with E-state index in [0.717, 1.165) is 12.1 Å². The van der Waals surface area contributed by atoms with Gasteiger partial charge in [-0.2, -0.15) is 5.10 Å². The minimum Gasteiger partial charge on any atom is -0.386 e. The van der Waals surface area contributed by atoms with Gasteiger partial charge in [0.05, 0.1) is 23.5 Å². The van der Waals surface area contributed by atoms with Crippen molar-refractivity contribution in [1.29, 1.82) is 0 Å². The van der Waals surface area contributed by atoms with Gasteiger partial charge in [-0.25, -0.2) is 0 Å². The average molecular weight is 295 g/mol. The molecule has 0 amide bonds. The number of hydrogen-bond donors (Lipinski definition) is 1. The van der Waals surface area contributed by atoms with E-state index in [4.69, 9.17) is 11.6 Å². The van der Waals surface area contributed by atoms with Gasteiger partial charge >= 0.3 is 0 Å². The van der Waals surface area contributed by atoms with Crippen LogP contribution in [0.25, 0.3) is 0 Å². The fourth-order valence-electron chi connectivity index (χ4n) is 2.01. The van der Waals surface area contributed by atoms with E-state index in [2.05, 4.69) is 15.0 Å². The summed E-state index contributed by atoms with van der Waals surface area (Å²) in [5.74, 6) is 0. The number of aliphatic hydroxyl groups is 1. The monoisotopic (exact) mass is 294 g/mol. The summed E-state index contributed by atoms with van der Waals surface area (Å²) in [5.41, 5.74) is 1.69. The number of rotatable bonds is 6. The van der Waals surface area contributed by atoms with Crippen LogP contribution in [0.15, 0.2) is 30.7 Å². The molecule has 0 fully saturated rings. The highest BCUT2D eigenvalue weighted by Gasteiger charge is 2.18. The molecule has 2 aromatic rings. The third kappa shape index (κ3) is 3.79. The van der Waals surface area contributed by atoms with Crippen molar-refractivity contribution < 1.29 is 5.11 Å². The molecule has 0 aliphatic rings. The van der Waals surface area contributed by atoms with Crippen LogP contribution in [0.1, 0.15) is 17.4 Å². The molecular formula is C14H19ClN4O. The standard InChI is InChI=1S/C14H19ClN4O/c1-18(2)7-8-19-14(12(15)10-17-19)13(20)9-11-3-5-16-6-4-11/h3-6,10,13,20H,7-9H2,1-2H3. The van der Waals surface area contributed by atoms with Gasteiger partial charge in [0, 0.05) is 25.4 Å². The number of halogens is 1. The third-order valence-corrected chi connectivity index (χ3v) is 3.38. The molecular weight excluding hydrogens is 276 g/mol. The normalized spacial score (nSPS) is 12.8. The number of likely N-dealkylation sites (N-methyl/N-ethyl adjacent to an activating group) is 1. The van der Waals surface area contributed by atoms with E-state index in [1.807, 2.05) is 26.2 Å². The summed E-state index contributed by atoms with van der Waals surface area (Å²) in [6.45, 7) is 1.54. The second kappa shape index (κ2) is 6.83. The molecule has 0 aromatic carbocycles. The lowest BCUT2D eigenvalue weighted by molar-refractivity contribution is 0.165. The number of aliphatic hydroxyl groups excluding tert-OH is 1. The Morgan fingerprint density at radius 2 is 2.05 bits per heavy atom. The summed E-state index contributed by atoms with van der Waals surface area (Å²) in [6, 6.07) is 3.77. The molecule has 2 heterocycles. The Hall–Kier alpha value is -1.43. The largest absolute Gasteiger partial charge is 0.386 e. The highest BCUT2D eigenvalue weighted by atomic mass is 35.5. The van der Waals surface area contributed by atoms with E-state index >= 15 is 0 Å². The molecule has 0 bridgehead atoms. The van der Waals surface area contributed by atoms with Crippen molar-refractivity contribution in [3.8, 4) is 0 Å². The third-order valence-electron chi connectivity index (χ3n) is 3.09. The molecule has 20 heavy (non-hydrogen) atoms. The van der Waals surface area contributed by atoms with Gasteiger partial charge in [-0.1, -0.05) is 11.6 Å². The summed E-state index contributed by atoms with van der Waals surface area (Å²) in [7, 11) is 4.00. The Balaban J connectivity index is 2.12. The fraction of sp³-hybridized carbons (Fsp3) is 0.429. The van der Waals surface area contributed by atoms with Gasteiger partial charge in [0.15, 0.2) is 0 Å². The second-order valence-corrected chi connectivity index (χ2v) is 5.39. The van der Waals surface area contributed by atoms with Gasteiger partial charge < -0.3 is 10.0 Å². The van der Waals surface area contributed by atoms with Crippen LogP contribution >= 0.6 is 11.6 Å². The van der Waals surface area contributed by atoms with Crippen molar-refractivity contribution in [1.82, 2.24) is 19.7 Å². The molecule has 0 radical (unpaired) electrons. The number of aromatic nitrogens is 3. The Morgan fingerprint density at radius 3 is 2.70 bits per heavy atom. The summed E-state index contributed by atoms with van der Waals surface area (Å²) in [4.78, 5) is 6.03. The van der Waals surface area contributed by atoms with Gasteiger partial charge in [-0.15, -0.1) is 0 Å². The first kappa shape index (κ1) is 15.0. The smallest absolute Gasteiger partial charge is 0.101 e. The number of nitrogens with zero attached hydrogens (tertiary/aromatic N) is 4. The van der Waals surface area contributed by atoms with Crippen molar-refractivity contribution in [3.63, 3.8) is 0 Å². The van der Waals surface area contributed by atoms with E-state index in [1.165, 1.54) is 0 Å². The first-order valence-electron chi connectivity index (χ1n) is 6.51. The van der Waals surface area contributed by atoms with Gasteiger partial charge in [0.1, 0.15) is 6.10 Å². The minimum atomic E-state index is -0.672. The lowest BCUT2D eigenvalue weighted by Crippen LogP contribution is -2.21. The van der Waals surface area contributed by atoms with Crippen molar-refractivity contribution in [3.05, 3.63) is 47.0 Å². The average Bonchev–Trinajstić information content (AvgIpc) is 2.78. The highest BCUT2D eigenvalue weighted by Crippen LogP contribution is 2.25. The molecule has 5 nitrogen and oxygen atoms in total. The zero-order valence-corrected chi connectivity index (χ0v) is 12.5. The maximum Gasteiger partial charge on any atom is 0.101 e. The Bertz CT molecular complexity index is 541. The quantitative estimate of drug-likeness (QED) is 0.882. The predicted octanol–water partition coefficient (Wildman–Crippen LogP) is 1.77. The highest BCUT2D eigenvalue weighted by molar-refractivity contribution is 6.31. The van der Waals surface area contributed by atoms with Crippen LogP contribution in [0.4, 0.5) is 0 Å². The second-order valence-electron chi connectivity index (χ2n) is 4.98. The lowest BCUT2D eigenvalue weighted by Gasteiger charge is -2.16. The van der Waals surface area contributed by atoms with Crippen LogP contribution in [0.5, 0.6) is 0 Å². The van der Waals surface area contributed by atoms with Gasteiger partial charge in [-0.05, 0) is 31.8 Å². The number of pyridine rings is 1. The van der Waals surface area contributed by atoms with E-state index in [-0.39, 0.29) is 0 Å². The summed E-state index contributed by atoms with van der Waals surface area (Å²) >= 11 is 6.15. The molecule has 0 saturated carbocycles. The topological polar surface area (TPSA) is 54.2 Å². The maximum atomic E-state index is 10.4. The van der Waals surface area contributed by atoms with Gasteiger partial charge in [0.2, 0.25) is 0 Å². The molecule has 0 spiro atoms.